The highest BCUT2D eigenvalue weighted by atomic mass is 16.1. The lowest BCUT2D eigenvalue weighted by molar-refractivity contribution is 0.0494. The lowest BCUT2D eigenvalue weighted by Crippen LogP contribution is -2.51. The number of hydrogen-bond donors (Lipinski definition) is 1. The summed E-state index contributed by atoms with van der Waals surface area (Å²) in [6.45, 7) is 6.47. The number of nitrogens with zero attached hydrogens (tertiary/aromatic N) is 1. The molecule has 2 rings (SSSR count). The minimum atomic E-state index is -0.0612. The quantitative estimate of drug-likeness (QED) is 0.671. The maximum absolute atomic E-state index is 12.6. The van der Waals surface area contributed by atoms with Crippen molar-refractivity contribution in [3.63, 3.8) is 0 Å². The molecule has 0 amide bonds. The summed E-state index contributed by atoms with van der Waals surface area (Å²) >= 11 is 0. The van der Waals surface area contributed by atoms with Crippen LogP contribution in [0.25, 0.3) is 0 Å². The number of ketones is 1. The molecule has 3 atom stereocenters. The molecule has 104 valence electrons. The van der Waals surface area contributed by atoms with Crippen LogP contribution >= 0.6 is 0 Å². The number of piperidine rings is 1. The number of carbonyl (C=O) groups is 1. The van der Waals surface area contributed by atoms with Gasteiger partial charge in [0.05, 0.1) is 6.04 Å². The van der Waals surface area contributed by atoms with E-state index in [2.05, 4.69) is 18.7 Å². The third-order valence-corrected chi connectivity index (χ3v) is 4.28. The molecule has 0 bridgehead atoms. The Morgan fingerprint density at radius 2 is 1.74 bits per heavy atom. The van der Waals surface area contributed by atoms with Gasteiger partial charge in [-0.1, -0.05) is 6.42 Å². The molecular weight excluding hydrogens is 236 g/mol. The first-order valence-corrected chi connectivity index (χ1v) is 7.18. The first kappa shape index (κ1) is 14.1. The van der Waals surface area contributed by atoms with Crippen LogP contribution < -0.4 is 5.73 Å². The Morgan fingerprint density at radius 3 is 2.26 bits per heavy atom. The van der Waals surface area contributed by atoms with Crippen molar-refractivity contribution in [2.24, 2.45) is 0 Å². The summed E-state index contributed by atoms with van der Waals surface area (Å²) in [7, 11) is 0. The van der Waals surface area contributed by atoms with Crippen molar-refractivity contribution in [1.82, 2.24) is 4.90 Å². The van der Waals surface area contributed by atoms with Gasteiger partial charge >= 0.3 is 0 Å². The maximum atomic E-state index is 12.6. The van der Waals surface area contributed by atoms with E-state index in [9.17, 15) is 4.79 Å². The molecular formula is C16H24N2O. The number of hydrogen-bond acceptors (Lipinski definition) is 3. The van der Waals surface area contributed by atoms with E-state index in [1.807, 2.05) is 19.1 Å². The standard InChI is InChI=1S/C16H24N2O/c1-11-5-4-6-12(2)18(11)13(3)16(19)14-7-9-15(17)10-8-14/h7-13H,4-6,17H2,1-3H3. The predicted octanol–water partition coefficient (Wildman–Crippen LogP) is 3.10. The van der Waals surface area contributed by atoms with Gasteiger partial charge in [-0.15, -0.1) is 0 Å². The van der Waals surface area contributed by atoms with Crippen molar-refractivity contribution in [3.8, 4) is 0 Å². The summed E-state index contributed by atoms with van der Waals surface area (Å²) < 4.78 is 0. The maximum Gasteiger partial charge on any atom is 0.179 e. The predicted molar refractivity (Wildman–Crippen MR) is 79.3 cm³/mol. The SMILES string of the molecule is CC1CCCC(C)N1C(C)C(=O)c1ccc(N)cc1. The Hall–Kier alpha value is -1.35. The van der Waals surface area contributed by atoms with Crippen molar-refractivity contribution in [1.29, 1.82) is 0 Å². The van der Waals surface area contributed by atoms with Crippen LogP contribution in [0, 0.1) is 0 Å². The van der Waals surface area contributed by atoms with E-state index in [0.717, 1.165) is 5.56 Å². The largest absolute Gasteiger partial charge is 0.399 e. The molecule has 0 saturated carbocycles. The molecule has 1 heterocycles. The Bertz CT molecular complexity index is 431. The van der Waals surface area contributed by atoms with E-state index < -0.39 is 0 Å². The van der Waals surface area contributed by atoms with Crippen LogP contribution in [0.15, 0.2) is 24.3 Å². The summed E-state index contributed by atoms with van der Waals surface area (Å²) in [4.78, 5) is 14.9. The highest BCUT2D eigenvalue weighted by Gasteiger charge is 2.32. The van der Waals surface area contributed by atoms with Crippen LogP contribution in [0.3, 0.4) is 0 Å². The van der Waals surface area contributed by atoms with Gasteiger partial charge in [-0.3, -0.25) is 9.69 Å². The molecule has 3 nitrogen and oxygen atoms in total. The second-order valence-electron chi connectivity index (χ2n) is 5.74. The molecule has 1 fully saturated rings. The summed E-state index contributed by atoms with van der Waals surface area (Å²) in [5, 5.41) is 0. The number of likely N-dealkylation sites (tertiary alicyclic amines) is 1. The Labute approximate surface area is 115 Å². The minimum Gasteiger partial charge on any atom is -0.399 e. The van der Waals surface area contributed by atoms with Crippen molar-refractivity contribution in [2.75, 3.05) is 5.73 Å². The van der Waals surface area contributed by atoms with Gasteiger partial charge in [0.15, 0.2) is 5.78 Å². The average Bonchev–Trinajstić information content (AvgIpc) is 2.38. The zero-order valence-electron chi connectivity index (χ0n) is 12.1. The summed E-state index contributed by atoms with van der Waals surface area (Å²) in [6, 6.07) is 8.15. The smallest absolute Gasteiger partial charge is 0.179 e. The normalized spacial score (nSPS) is 26.1. The van der Waals surface area contributed by atoms with Crippen molar-refractivity contribution >= 4 is 11.5 Å². The van der Waals surface area contributed by atoms with E-state index in [0.29, 0.717) is 17.8 Å². The number of carbonyl (C=O) groups excluding carboxylic acids is 1. The van der Waals surface area contributed by atoms with Crippen LogP contribution in [0.5, 0.6) is 0 Å². The van der Waals surface area contributed by atoms with Gasteiger partial charge in [-0.2, -0.15) is 0 Å². The highest BCUT2D eigenvalue weighted by molar-refractivity contribution is 6.00. The first-order valence-electron chi connectivity index (χ1n) is 7.18. The number of nitrogen functional groups attached to an aromatic ring is 1. The van der Waals surface area contributed by atoms with Crippen molar-refractivity contribution in [3.05, 3.63) is 29.8 Å². The molecule has 1 saturated heterocycles. The molecule has 3 heteroatoms. The van der Waals surface area contributed by atoms with E-state index >= 15 is 0 Å². The molecule has 3 unspecified atom stereocenters. The lowest BCUT2D eigenvalue weighted by atomic mass is 9.93. The van der Waals surface area contributed by atoms with Gasteiger partial charge in [-0.25, -0.2) is 0 Å². The van der Waals surface area contributed by atoms with Gasteiger partial charge in [0, 0.05) is 23.3 Å². The second-order valence-corrected chi connectivity index (χ2v) is 5.74. The van der Waals surface area contributed by atoms with E-state index in [-0.39, 0.29) is 11.8 Å². The molecule has 1 aliphatic rings. The number of anilines is 1. The topological polar surface area (TPSA) is 46.3 Å². The second kappa shape index (κ2) is 5.74. The Balaban J connectivity index is 2.15. The number of rotatable bonds is 3. The van der Waals surface area contributed by atoms with Crippen molar-refractivity contribution in [2.45, 2.75) is 58.2 Å². The van der Waals surface area contributed by atoms with Gasteiger partial charge in [0.2, 0.25) is 0 Å². The summed E-state index contributed by atoms with van der Waals surface area (Å²) in [5.41, 5.74) is 7.12. The van der Waals surface area contributed by atoms with E-state index in [1.165, 1.54) is 19.3 Å². The van der Waals surface area contributed by atoms with E-state index in [1.54, 1.807) is 12.1 Å². The first-order chi connectivity index (χ1) is 9.00. The Kier molecular flexibility index (Phi) is 4.25. The van der Waals surface area contributed by atoms with Gasteiger partial charge in [0.1, 0.15) is 0 Å². The fourth-order valence-electron chi connectivity index (χ4n) is 3.23. The zero-order chi connectivity index (χ0) is 14.0. The summed E-state index contributed by atoms with van der Waals surface area (Å²) in [6.07, 6.45) is 3.63. The third kappa shape index (κ3) is 2.98. The molecule has 0 spiro atoms. The van der Waals surface area contributed by atoms with Crippen molar-refractivity contribution < 1.29 is 4.79 Å². The molecule has 19 heavy (non-hydrogen) atoms. The molecule has 2 N–H and O–H groups in total. The molecule has 1 aliphatic heterocycles. The Morgan fingerprint density at radius 1 is 1.21 bits per heavy atom. The van der Waals surface area contributed by atoms with Gasteiger partial charge < -0.3 is 5.73 Å². The van der Waals surface area contributed by atoms with Crippen LogP contribution in [-0.4, -0.2) is 28.8 Å². The molecule has 1 aromatic carbocycles. The van der Waals surface area contributed by atoms with Crippen LogP contribution in [0.4, 0.5) is 5.69 Å². The van der Waals surface area contributed by atoms with E-state index in [4.69, 9.17) is 5.73 Å². The zero-order valence-corrected chi connectivity index (χ0v) is 12.1. The minimum absolute atomic E-state index is 0.0612. The van der Waals surface area contributed by atoms with Gasteiger partial charge in [-0.05, 0) is 57.9 Å². The fraction of sp³-hybridized carbons (Fsp3) is 0.562. The number of nitrogens with two attached hydrogens (primary N) is 1. The lowest BCUT2D eigenvalue weighted by Gasteiger charge is -2.42. The van der Waals surface area contributed by atoms with Crippen LogP contribution in [0.2, 0.25) is 0 Å². The molecule has 0 aromatic heterocycles. The van der Waals surface area contributed by atoms with Gasteiger partial charge in [0.25, 0.3) is 0 Å². The monoisotopic (exact) mass is 260 g/mol. The third-order valence-electron chi connectivity index (χ3n) is 4.28. The van der Waals surface area contributed by atoms with Crippen LogP contribution in [0.1, 0.15) is 50.4 Å². The molecule has 1 aromatic rings. The van der Waals surface area contributed by atoms with Crippen LogP contribution in [-0.2, 0) is 0 Å². The highest BCUT2D eigenvalue weighted by Crippen LogP contribution is 2.26. The molecule has 0 aliphatic carbocycles. The number of benzene rings is 1. The number of Topliss-reactive ketones (excluding diaryl/α,β-unsaturated/α-hetero) is 1. The fourth-order valence-corrected chi connectivity index (χ4v) is 3.23. The molecule has 0 radical (unpaired) electrons. The average molecular weight is 260 g/mol. The summed E-state index contributed by atoms with van der Waals surface area (Å²) in [5.74, 6) is 0.195.